The van der Waals surface area contributed by atoms with Gasteiger partial charge in [0.25, 0.3) is 0 Å². The van der Waals surface area contributed by atoms with E-state index in [2.05, 4.69) is 20.3 Å². The van der Waals surface area contributed by atoms with Crippen LogP contribution in [0.3, 0.4) is 0 Å². The summed E-state index contributed by atoms with van der Waals surface area (Å²) in [4.78, 5) is 12.9. The van der Waals surface area contributed by atoms with Crippen molar-refractivity contribution in [1.82, 2.24) is 19.5 Å². The Bertz CT molecular complexity index is 852. The number of aliphatic hydroxyl groups is 2. The molecule has 1 aliphatic rings. The summed E-state index contributed by atoms with van der Waals surface area (Å²) in [7, 11) is 0. The number of nitrogens with one attached hydrogen (secondary N) is 1. The maximum Gasteiger partial charge on any atom is 0.165 e. The van der Waals surface area contributed by atoms with Crippen LogP contribution in [0.15, 0.2) is 43.0 Å². The van der Waals surface area contributed by atoms with Gasteiger partial charge in [-0.1, -0.05) is 18.2 Å². The fraction of sp³-hybridized carbons (Fsp3) is 0.312. The first-order valence-corrected chi connectivity index (χ1v) is 7.76. The number of para-hydroxylation sites is 1. The third kappa shape index (κ3) is 2.41. The highest BCUT2D eigenvalue weighted by Crippen LogP contribution is 2.33. The monoisotopic (exact) mass is 326 g/mol. The molecule has 1 fully saturated rings. The predicted octanol–water partition coefficient (Wildman–Crippen LogP) is 0.564. The van der Waals surface area contributed by atoms with Crippen LogP contribution in [0.2, 0.25) is 0 Å². The fourth-order valence-electron chi connectivity index (χ4n) is 3.16. The zero-order valence-electron chi connectivity index (χ0n) is 12.8. The molecule has 0 unspecified atom stereocenters. The lowest BCUT2D eigenvalue weighted by molar-refractivity contribution is 0.0187. The van der Waals surface area contributed by atoms with Crippen molar-refractivity contribution in [1.29, 1.82) is 0 Å². The topological polar surface area (TPSA) is 122 Å². The van der Waals surface area contributed by atoms with E-state index in [1.54, 1.807) is 10.9 Å². The van der Waals surface area contributed by atoms with Gasteiger partial charge < -0.3 is 25.8 Å². The molecule has 24 heavy (non-hydrogen) atoms. The molecule has 8 nitrogen and oxygen atoms in total. The van der Waals surface area contributed by atoms with E-state index in [1.165, 1.54) is 6.33 Å². The minimum Gasteiger partial charge on any atom is -0.389 e. The molecule has 2 aromatic heterocycles. The Kier molecular flexibility index (Phi) is 3.64. The van der Waals surface area contributed by atoms with Gasteiger partial charge >= 0.3 is 0 Å². The molecule has 8 heteroatoms. The SMILES string of the molecule is N[C@@H]1C[C@H](n2cnc3c(Nc4ccccc4)ncnc32)[C@H](O)[C@@H]1O. The van der Waals surface area contributed by atoms with Gasteiger partial charge in [0.1, 0.15) is 12.4 Å². The molecule has 0 aliphatic heterocycles. The lowest BCUT2D eigenvalue weighted by atomic mass is 10.2. The molecule has 4 atom stereocenters. The Hall–Kier alpha value is -2.55. The van der Waals surface area contributed by atoms with Crippen molar-refractivity contribution in [2.24, 2.45) is 5.73 Å². The second kappa shape index (κ2) is 5.82. The summed E-state index contributed by atoms with van der Waals surface area (Å²) in [5.74, 6) is 0.585. The van der Waals surface area contributed by atoms with Crippen LogP contribution in [0.25, 0.3) is 11.2 Å². The van der Waals surface area contributed by atoms with Gasteiger partial charge in [0.05, 0.1) is 18.5 Å². The molecule has 1 aliphatic carbocycles. The fourth-order valence-corrected chi connectivity index (χ4v) is 3.16. The number of nitrogens with zero attached hydrogens (tertiary/aromatic N) is 4. The van der Waals surface area contributed by atoms with Crippen LogP contribution in [0.4, 0.5) is 11.5 Å². The van der Waals surface area contributed by atoms with Crippen molar-refractivity contribution < 1.29 is 10.2 Å². The van der Waals surface area contributed by atoms with Crippen LogP contribution < -0.4 is 11.1 Å². The molecular formula is C16H18N6O2. The number of benzene rings is 1. The average Bonchev–Trinajstić information content (AvgIpc) is 3.13. The molecule has 5 N–H and O–H groups in total. The zero-order valence-corrected chi connectivity index (χ0v) is 12.8. The van der Waals surface area contributed by atoms with E-state index in [9.17, 15) is 10.2 Å². The summed E-state index contributed by atoms with van der Waals surface area (Å²) in [5.41, 5.74) is 7.94. The van der Waals surface area contributed by atoms with E-state index in [0.29, 0.717) is 23.4 Å². The van der Waals surface area contributed by atoms with E-state index in [0.717, 1.165) is 5.69 Å². The summed E-state index contributed by atoms with van der Waals surface area (Å²) < 4.78 is 1.76. The van der Waals surface area contributed by atoms with Gasteiger partial charge in [-0.25, -0.2) is 15.0 Å². The van der Waals surface area contributed by atoms with Gasteiger partial charge in [0.2, 0.25) is 0 Å². The Balaban J connectivity index is 1.72. The highest BCUT2D eigenvalue weighted by Gasteiger charge is 2.41. The largest absolute Gasteiger partial charge is 0.389 e. The molecule has 3 aromatic rings. The van der Waals surface area contributed by atoms with Crippen LogP contribution in [0.1, 0.15) is 12.5 Å². The number of nitrogens with two attached hydrogens (primary N) is 1. The maximum absolute atomic E-state index is 10.2. The second-order valence-corrected chi connectivity index (χ2v) is 5.99. The summed E-state index contributed by atoms with van der Waals surface area (Å²) in [5, 5.41) is 23.3. The summed E-state index contributed by atoms with van der Waals surface area (Å²) in [6.45, 7) is 0. The predicted molar refractivity (Wildman–Crippen MR) is 88.7 cm³/mol. The Morgan fingerprint density at radius 2 is 1.88 bits per heavy atom. The molecule has 1 aromatic carbocycles. The van der Waals surface area contributed by atoms with E-state index in [-0.39, 0.29) is 6.04 Å². The number of aromatic nitrogens is 4. The average molecular weight is 326 g/mol. The smallest absolute Gasteiger partial charge is 0.165 e. The lowest BCUT2D eigenvalue weighted by Crippen LogP contribution is -2.35. The standard InChI is InChI=1S/C16H18N6O2/c17-10-6-11(14(24)13(10)23)22-8-20-12-15(18-7-19-16(12)22)21-9-4-2-1-3-5-9/h1-5,7-8,10-11,13-14,23-24H,6,17H2,(H,18,19,21)/t10-,11+,13-,14+/m1/s1. The molecule has 1 saturated carbocycles. The maximum atomic E-state index is 10.2. The molecule has 4 rings (SSSR count). The summed E-state index contributed by atoms with van der Waals surface area (Å²) in [6, 6.07) is 8.83. The molecule has 0 saturated heterocycles. The molecular weight excluding hydrogens is 308 g/mol. The Morgan fingerprint density at radius 1 is 1.08 bits per heavy atom. The number of fused-ring (bicyclic) bond motifs is 1. The van der Waals surface area contributed by atoms with Crippen molar-refractivity contribution in [2.45, 2.75) is 30.7 Å². The molecule has 2 heterocycles. The highest BCUT2D eigenvalue weighted by molar-refractivity contribution is 5.85. The minimum atomic E-state index is -0.948. The van der Waals surface area contributed by atoms with Gasteiger partial charge in [0.15, 0.2) is 17.0 Å². The van der Waals surface area contributed by atoms with Crippen LogP contribution >= 0.6 is 0 Å². The number of rotatable bonds is 3. The Morgan fingerprint density at radius 3 is 2.58 bits per heavy atom. The first-order valence-electron chi connectivity index (χ1n) is 7.76. The van der Waals surface area contributed by atoms with Crippen molar-refractivity contribution in [3.8, 4) is 0 Å². The summed E-state index contributed by atoms with van der Waals surface area (Å²) in [6.07, 6.45) is 1.62. The van der Waals surface area contributed by atoms with Gasteiger partial charge in [-0.2, -0.15) is 0 Å². The molecule has 0 amide bonds. The Labute approximate surface area is 138 Å². The van der Waals surface area contributed by atoms with Gasteiger partial charge in [0, 0.05) is 11.7 Å². The quantitative estimate of drug-likeness (QED) is 0.555. The lowest BCUT2D eigenvalue weighted by Gasteiger charge is -2.18. The van der Waals surface area contributed by atoms with Crippen LogP contribution in [-0.2, 0) is 0 Å². The van der Waals surface area contributed by atoms with Crippen molar-refractivity contribution in [2.75, 3.05) is 5.32 Å². The first-order chi connectivity index (χ1) is 11.6. The van der Waals surface area contributed by atoms with Crippen molar-refractivity contribution in [3.05, 3.63) is 43.0 Å². The molecule has 0 bridgehead atoms. The first kappa shape index (κ1) is 15.0. The number of hydrogen-bond donors (Lipinski definition) is 4. The van der Waals surface area contributed by atoms with E-state index in [4.69, 9.17) is 5.73 Å². The molecule has 124 valence electrons. The van der Waals surface area contributed by atoms with Crippen LogP contribution in [0.5, 0.6) is 0 Å². The third-order valence-corrected chi connectivity index (χ3v) is 4.45. The van der Waals surface area contributed by atoms with Gasteiger partial charge in [-0.05, 0) is 18.6 Å². The van der Waals surface area contributed by atoms with Crippen molar-refractivity contribution in [3.63, 3.8) is 0 Å². The number of hydrogen-bond acceptors (Lipinski definition) is 7. The second-order valence-electron chi connectivity index (χ2n) is 5.99. The van der Waals surface area contributed by atoms with Crippen molar-refractivity contribution >= 4 is 22.7 Å². The minimum absolute atomic E-state index is 0.362. The number of imidazole rings is 1. The van der Waals surface area contributed by atoms with Crippen LogP contribution in [-0.4, -0.2) is 48.0 Å². The van der Waals surface area contributed by atoms with Crippen LogP contribution in [0, 0.1) is 0 Å². The highest BCUT2D eigenvalue weighted by atomic mass is 16.3. The summed E-state index contributed by atoms with van der Waals surface area (Å²) >= 11 is 0. The van der Waals surface area contributed by atoms with Gasteiger partial charge in [-0.15, -0.1) is 0 Å². The number of anilines is 2. The van der Waals surface area contributed by atoms with E-state index >= 15 is 0 Å². The van der Waals surface area contributed by atoms with E-state index in [1.807, 2.05) is 30.3 Å². The molecule has 0 spiro atoms. The normalized spacial score (nSPS) is 26.8. The zero-order chi connectivity index (χ0) is 16.7. The third-order valence-electron chi connectivity index (χ3n) is 4.45. The van der Waals surface area contributed by atoms with E-state index < -0.39 is 18.2 Å². The molecule has 0 radical (unpaired) electrons. The number of aliphatic hydroxyl groups excluding tert-OH is 2. The van der Waals surface area contributed by atoms with Gasteiger partial charge in [-0.3, -0.25) is 0 Å².